The van der Waals surface area contributed by atoms with E-state index in [9.17, 15) is 4.79 Å². The van der Waals surface area contributed by atoms with E-state index in [0.29, 0.717) is 11.9 Å². The minimum atomic E-state index is 0.0447. The fourth-order valence-electron chi connectivity index (χ4n) is 5.25. The van der Waals surface area contributed by atoms with E-state index in [-0.39, 0.29) is 6.04 Å². The number of hydrogen-bond acceptors (Lipinski definition) is 3. The van der Waals surface area contributed by atoms with Crippen molar-refractivity contribution in [2.45, 2.75) is 57.5 Å². The third-order valence-electron chi connectivity index (χ3n) is 7.05. The lowest BCUT2D eigenvalue weighted by Crippen LogP contribution is -2.49. The Morgan fingerprint density at radius 2 is 1.70 bits per heavy atom. The van der Waals surface area contributed by atoms with Gasteiger partial charge in [0, 0.05) is 32.2 Å². The highest BCUT2D eigenvalue weighted by atomic mass is 16.2. The lowest BCUT2D eigenvalue weighted by Gasteiger charge is -2.36. The van der Waals surface area contributed by atoms with Gasteiger partial charge in [-0.3, -0.25) is 14.6 Å². The highest BCUT2D eigenvalue weighted by molar-refractivity contribution is 5.81. The van der Waals surface area contributed by atoms with E-state index in [1.165, 1.54) is 37.9 Å². The van der Waals surface area contributed by atoms with Crippen LogP contribution in [0.1, 0.15) is 44.6 Å². The Hall–Kier alpha value is -1.39. The summed E-state index contributed by atoms with van der Waals surface area (Å²) in [5.74, 6) is 1.08. The molecule has 4 heteroatoms. The first-order valence-corrected chi connectivity index (χ1v) is 11.0. The first-order valence-electron chi connectivity index (χ1n) is 11.0. The molecule has 0 saturated carbocycles. The summed E-state index contributed by atoms with van der Waals surface area (Å²) in [5, 5.41) is 0. The molecular weight excluding hydrogens is 334 g/mol. The Kier molecular flexibility index (Phi) is 6.14. The van der Waals surface area contributed by atoms with E-state index in [4.69, 9.17) is 0 Å². The lowest BCUT2D eigenvalue weighted by molar-refractivity contribution is -0.137. The van der Waals surface area contributed by atoms with Gasteiger partial charge < -0.3 is 4.90 Å². The van der Waals surface area contributed by atoms with Gasteiger partial charge in [0.1, 0.15) is 0 Å². The molecule has 148 valence electrons. The molecule has 1 aromatic rings. The molecule has 0 bridgehead atoms. The number of benzene rings is 1. The summed E-state index contributed by atoms with van der Waals surface area (Å²) in [6, 6.07) is 11.5. The summed E-state index contributed by atoms with van der Waals surface area (Å²) in [7, 11) is 0. The summed E-state index contributed by atoms with van der Waals surface area (Å²) < 4.78 is 0. The summed E-state index contributed by atoms with van der Waals surface area (Å²) in [6.45, 7) is 8.68. The molecule has 3 aliphatic rings. The number of rotatable bonds is 5. The number of carbonyl (C=O) groups excluding carboxylic acids is 1. The number of likely N-dealkylation sites (tertiary alicyclic amines) is 3. The van der Waals surface area contributed by atoms with Crippen LogP contribution in [-0.4, -0.2) is 72.0 Å². The molecule has 3 fully saturated rings. The van der Waals surface area contributed by atoms with Crippen LogP contribution in [0.4, 0.5) is 0 Å². The van der Waals surface area contributed by atoms with Crippen molar-refractivity contribution < 1.29 is 4.79 Å². The summed E-state index contributed by atoms with van der Waals surface area (Å²) >= 11 is 0. The molecule has 1 amide bonds. The average Bonchev–Trinajstić information content (AvgIpc) is 3.40. The Labute approximate surface area is 164 Å². The number of hydrogen-bond donors (Lipinski definition) is 0. The first kappa shape index (κ1) is 18.9. The predicted molar refractivity (Wildman–Crippen MR) is 110 cm³/mol. The Morgan fingerprint density at radius 3 is 2.41 bits per heavy atom. The molecule has 27 heavy (non-hydrogen) atoms. The van der Waals surface area contributed by atoms with E-state index in [0.717, 1.165) is 51.4 Å². The van der Waals surface area contributed by atoms with Crippen molar-refractivity contribution in [3.63, 3.8) is 0 Å². The lowest BCUT2D eigenvalue weighted by atomic mass is 9.90. The van der Waals surface area contributed by atoms with Crippen molar-refractivity contribution >= 4 is 5.91 Å². The molecular formula is C23H35N3O. The number of piperidine rings is 1. The topological polar surface area (TPSA) is 26.8 Å². The number of carbonyl (C=O) groups is 1. The molecule has 3 heterocycles. The van der Waals surface area contributed by atoms with Gasteiger partial charge in [-0.25, -0.2) is 0 Å². The normalized spacial score (nSPS) is 26.6. The van der Waals surface area contributed by atoms with E-state index >= 15 is 0 Å². The highest BCUT2D eigenvalue weighted by Crippen LogP contribution is 2.25. The minimum absolute atomic E-state index is 0.0447. The van der Waals surface area contributed by atoms with Crippen LogP contribution in [0.3, 0.4) is 0 Å². The van der Waals surface area contributed by atoms with E-state index in [2.05, 4.69) is 52.0 Å². The summed E-state index contributed by atoms with van der Waals surface area (Å²) in [4.78, 5) is 20.3. The molecule has 0 radical (unpaired) electrons. The van der Waals surface area contributed by atoms with Crippen LogP contribution in [0.5, 0.6) is 0 Å². The maximum absolute atomic E-state index is 13.0. The Balaban J connectivity index is 1.24. The van der Waals surface area contributed by atoms with Crippen LogP contribution in [0.25, 0.3) is 0 Å². The molecule has 4 nitrogen and oxygen atoms in total. The molecule has 0 spiro atoms. The minimum Gasteiger partial charge on any atom is -0.341 e. The largest absolute Gasteiger partial charge is 0.341 e. The fraction of sp³-hybridized carbons (Fsp3) is 0.696. The molecule has 3 aliphatic heterocycles. The quantitative estimate of drug-likeness (QED) is 0.798. The van der Waals surface area contributed by atoms with Crippen molar-refractivity contribution in [3.05, 3.63) is 35.9 Å². The highest BCUT2D eigenvalue weighted by Gasteiger charge is 2.35. The average molecular weight is 370 g/mol. The molecule has 4 rings (SSSR count). The van der Waals surface area contributed by atoms with Gasteiger partial charge in [0.25, 0.3) is 0 Å². The van der Waals surface area contributed by atoms with Crippen LogP contribution in [0, 0.1) is 5.92 Å². The van der Waals surface area contributed by atoms with Crippen LogP contribution >= 0.6 is 0 Å². The van der Waals surface area contributed by atoms with E-state index < -0.39 is 0 Å². The van der Waals surface area contributed by atoms with Gasteiger partial charge in [0.15, 0.2) is 0 Å². The second kappa shape index (κ2) is 8.74. The van der Waals surface area contributed by atoms with Gasteiger partial charge in [-0.05, 0) is 70.0 Å². The van der Waals surface area contributed by atoms with Crippen LogP contribution in [0.15, 0.2) is 30.3 Å². The van der Waals surface area contributed by atoms with Crippen molar-refractivity contribution in [1.29, 1.82) is 0 Å². The third kappa shape index (κ3) is 4.55. The zero-order valence-corrected chi connectivity index (χ0v) is 16.9. The van der Waals surface area contributed by atoms with Gasteiger partial charge in [-0.15, -0.1) is 0 Å². The molecule has 3 saturated heterocycles. The van der Waals surface area contributed by atoms with E-state index in [1.807, 2.05) is 0 Å². The Morgan fingerprint density at radius 1 is 1.00 bits per heavy atom. The third-order valence-corrected chi connectivity index (χ3v) is 7.05. The Bertz CT molecular complexity index is 605. The molecule has 0 aliphatic carbocycles. The van der Waals surface area contributed by atoms with Crippen LogP contribution in [0.2, 0.25) is 0 Å². The van der Waals surface area contributed by atoms with Crippen LogP contribution in [-0.2, 0) is 11.2 Å². The standard InChI is InChI=1S/C23H35N3O/c1-19(26-16-11-22(18-26)24-12-5-6-13-24)23(27)25-14-9-21(10-15-25)17-20-7-3-2-4-8-20/h2-4,7-8,19,21-22H,5-6,9-18H2,1H3. The predicted octanol–water partition coefficient (Wildman–Crippen LogP) is 3.03. The van der Waals surface area contributed by atoms with Crippen molar-refractivity contribution in [2.75, 3.05) is 39.3 Å². The smallest absolute Gasteiger partial charge is 0.239 e. The van der Waals surface area contributed by atoms with Gasteiger partial charge >= 0.3 is 0 Å². The zero-order valence-electron chi connectivity index (χ0n) is 16.9. The second-order valence-corrected chi connectivity index (χ2v) is 8.81. The SMILES string of the molecule is CC(C(=O)N1CCC(Cc2ccccc2)CC1)N1CCC(N2CCCC2)C1. The van der Waals surface area contributed by atoms with Gasteiger partial charge in [0.05, 0.1) is 6.04 Å². The maximum Gasteiger partial charge on any atom is 0.239 e. The van der Waals surface area contributed by atoms with Crippen LogP contribution < -0.4 is 0 Å². The zero-order chi connectivity index (χ0) is 18.6. The monoisotopic (exact) mass is 369 g/mol. The molecule has 2 unspecified atom stereocenters. The summed E-state index contributed by atoms with van der Waals surface area (Å²) in [5.41, 5.74) is 1.43. The van der Waals surface area contributed by atoms with Crippen molar-refractivity contribution in [1.82, 2.24) is 14.7 Å². The summed E-state index contributed by atoms with van der Waals surface area (Å²) in [6.07, 6.45) is 7.37. The second-order valence-electron chi connectivity index (χ2n) is 8.81. The molecule has 1 aromatic carbocycles. The van der Waals surface area contributed by atoms with Crippen molar-refractivity contribution in [3.8, 4) is 0 Å². The number of amides is 1. The van der Waals surface area contributed by atoms with Gasteiger partial charge in [-0.1, -0.05) is 30.3 Å². The van der Waals surface area contributed by atoms with E-state index in [1.54, 1.807) is 0 Å². The fourth-order valence-corrected chi connectivity index (χ4v) is 5.25. The van der Waals surface area contributed by atoms with Crippen molar-refractivity contribution in [2.24, 2.45) is 5.92 Å². The maximum atomic E-state index is 13.0. The number of nitrogens with zero attached hydrogens (tertiary/aromatic N) is 3. The van der Waals surface area contributed by atoms with Gasteiger partial charge in [0.2, 0.25) is 5.91 Å². The van der Waals surface area contributed by atoms with Gasteiger partial charge in [-0.2, -0.15) is 0 Å². The molecule has 0 N–H and O–H groups in total. The molecule has 2 atom stereocenters. The molecule has 0 aromatic heterocycles. The first-order chi connectivity index (χ1) is 13.2.